The van der Waals surface area contributed by atoms with Gasteiger partial charge in [-0.05, 0) is 39.5 Å². The van der Waals surface area contributed by atoms with Crippen LogP contribution in [0.2, 0.25) is 0 Å². The first-order chi connectivity index (χ1) is 11.0. The second-order valence-corrected chi connectivity index (χ2v) is 9.21. The molecule has 0 amide bonds. The van der Waals surface area contributed by atoms with Crippen LogP contribution in [-0.4, -0.2) is 23.6 Å². The van der Waals surface area contributed by atoms with Gasteiger partial charge in [-0.1, -0.05) is 44.2 Å². The molecular formula is C20H33O2S+. The minimum Gasteiger partial charge on any atom is -0.469 e. The molecule has 3 heteroatoms. The summed E-state index contributed by atoms with van der Waals surface area (Å²) in [6.07, 6.45) is 4.93. The smallest absolute Gasteiger partial charge is 0.305 e. The quantitative estimate of drug-likeness (QED) is 0.428. The first kappa shape index (κ1) is 20.1. The van der Waals surface area contributed by atoms with Crippen molar-refractivity contribution in [2.24, 2.45) is 0 Å². The summed E-state index contributed by atoms with van der Waals surface area (Å²) in [6.45, 7) is 9.38. The van der Waals surface area contributed by atoms with Gasteiger partial charge < -0.3 is 4.74 Å². The highest BCUT2D eigenvalue weighted by atomic mass is 32.2. The van der Waals surface area contributed by atoms with Crippen molar-refractivity contribution in [1.29, 1.82) is 0 Å². The summed E-state index contributed by atoms with van der Waals surface area (Å²) < 4.78 is 4.80. The van der Waals surface area contributed by atoms with Crippen LogP contribution in [0.5, 0.6) is 0 Å². The van der Waals surface area contributed by atoms with Crippen LogP contribution in [0, 0.1) is 0 Å². The van der Waals surface area contributed by atoms with Crippen molar-refractivity contribution >= 4 is 16.9 Å². The fraction of sp³-hybridized carbons (Fsp3) is 0.650. The van der Waals surface area contributed by atoms with Gasteiger partial charge in [-0.15, -0.1) is 0 Å². The van der Waals surface area contributed by atoms with Gasteiger partial charge in [0.05, 0.1) is 7.11 Å². The fourth-order valence-electron chi connectivity index (χ4n) is 3.00. The fourth-order valence-corrected chi connectivity index (χ4v) is 6.60. The van der Waals surface area contributed by atoms with Gasteiger partial charge >= 0.3 is 5.97 Å². The second kappa shape index (κ2) is 10.7. The zero-order valence-electron chi connectivity index (χ0n) is 15.4. The van der Waals surface area contributed by atoms with Gasteiger partial charge in [0.2, 0.25) is 0 Å². The van der Waals surface area contributed by atoms with Crippen LogP contribution in [0.15, 0.2) is 30.3 Å². The minimum absolute atomic E-state index is 0.0937. The third-order valence-corrected chi connectivity index (χ3v) is 8.34. The van der Waals surface area contributed by atoms with Crippen molar-refractivity contribution in [3.8, 4) is 0 Å². The predicted octanol–water partition coefficient (Wildman–Crippen LogP) is 5.29. The Morgan fingerprint density at radius 2 is 1.65 bits per heavy atom. The van der Waals surface area contributed by atoms with Gasteiger partial charge in [0.1, 0.15) is 15.7 Å². The van der Waals surface area contributed by atoms with Crippen molar-refractivity contribution in [3.05, 3.63) is 35.9 Å². The van der Waals surface area contributed by atoms with E-state index in [4.69, 9.17) is 4.74 Å². The number of benzene rings is 1. The molecule has 1 rings (SSSR count). The van der Waals surface area contributed by atoms with E-state index in [-0.39, 0.29) is 5.97 Å². The number of esters is 1. The number of hydrogen-bond acceptors (Lipinski definition) is 2. The number of carbonyl (C=O) groups excluding carboxylic acids is 1. The number of ether oxygens (including phenoxy) is 1. The number of carbonyl (C=O) groups is 1. The summed E-state index contributed by atoms with van der Waals surface area (Å²) in [5.41, 5.74) is 1.43. The molecule has 0 aromatic heterocycles. The molecule has 0 saturated carbocycles. The molecular weight excluding hydrogens is 304 g/mol. The molecule has 0 aliphatic carbocycles. The Morgan fingerprint density at radius 3 is 2.13 bits per heavy atom. The first-order valence-corrected chi connectivity index (χ1v) is 10.3. The van der Waals surface area contributed by atoms with Crippen molar-refractivity contribution in [2.45, 2.75) is 75.5 Å². The highest BCUT2D eigenvalue weighted by Gasteiger charge is 2.39. The third kappa shape index (κ3) is 6.21. The molecule has 0 saturated heterocycles. The molecule has 3 atom stereocenters. The summed E-state index contributed by atoms with van der Waals surface area (Å²) >= 11 is 0. The molecule has 0 bridgehead atoms. The van der Waals surface area contributed by atoms with Gasteiger partial charge in [-0.2, -0.15) is 0 Å². The maximum atomic E-state index is 11.5. The summed E-state index contributed by atoms with van der Waals surface area (Å²) in [5, 5.41) is 1.98. The lowest BCUT2D eigenvalue weighted by Crippen LogP contribution is -2.33. The second-order valence-electron chi connectivity index (χ2n) is 6.21. The maximum Gasteiger partial charge on any atom is 0.305 e. The van der Waals surface area contributed by atoms with Gasteiger partial charge in [0.15, 0.2) is 0 Å². The topological polar surface area (TPSA) is 26.3 Å². The summed E-state index contributed by atoms with van der Waals surface area (Å²) in [6, 6.07) is 10.9. The predicted molar refractivity (Wildman–Crippen MR) is 102 cm³/mol. The lowest BCUT2D eigenvalue weighted by molar-refractivity contribution is -0.140. The SMILES string of the molecule is CCC(C)[S+](C(C)CC)C(CCCC(=O)OC)c1ccccc1. The highest BCUT2D eigenvalue weighted by molar-refractivity contribution is 7.98. The average Bonchev–Trinajstić information content (AvgIpc) is 2.60. The molecule has 0 aliphatic rings. The molecule has 0 radical (unpaired) electrons. The van der Waals surface area contributed by atoms with Crippen molar-refractivity contribution in [1.82, 2.24) is 0 Å². The van der Waals surface area contributed by atoms with E-state index in [1.165, 1.54) is 25.5 Å². The summed E-state index contributed by atoms with van der Waals surface area (Å²) in [4.78, 5) is 11.5. The largest absolute Gasteiger partial charge is 0.469 e. The van der Waals surface area contributed by atoms with Crippen LogP contribution in [0.1, 0.15) is 70.6 Å². The highest BCUT2D eigenvalue weighted by Crippen LogP contribution is 2.37. The zero-order chi connectivity index (χ0) is 17.2. The molecule has 0 spiro atoms. The monoisotopic (exact) mass is 337 g/mol. The van der Waals surface area contributed by atoms with Crippen molar-refractivity contribution < 1.29 is 9.53 Å². The summed E-state index contributed by atoms with van der Waals surface area (Å²) in [7, 11) is 1.80. The Kier molecular flexibility index (Phi) is 9.39. The van der Waals surface area contributed by atoms with E-state index < -0.39 is 0 Å². The lowest BCUT2D eigenvalue weighted by Gasteiger charge is -2.28. The Morgan fingerprint density at radius 1 is 1.09 bits per heavy atom. The van der Waals surface area contributed by atoms with Gasteiger partial charge in [-0.3, -0.25) is 4.79 Å². The van der Waals surface area contributed by atoms with E-state index in [0.29, 0.717) is 33.1 Å². The average molecular weight is 338 g/mol. The molecule has 0 aliphatic heterocycles. The van der Waals surface area contributed by atoms with Crippen LogP contribution >= 0.6 is 0 Å². The Labute approximate surface area is 145 Å². The van der Waals surface area contributed by atoms with E-state index in [1.54, 1.807) is 0 Å². The van der Waals surface area contributed by atoms with E-state index >= 15 is 0 Å². The number of methoxy groups -OCH3 is 1. The van der Waals surface area contributed by atoms with Crippen LogP contribution in [0.25, 0.3) is 0 Å². The Bertz CT molecular complexity index is 436. The van der Waals surface area contributed by atoms with Crippen molar-refractivity contribution in [2.75, 3.05) is 7.11 Å². The molecule has 1 aromatic carbocycles. The van der Waals surface area contributed by atoms with Crippen LogP contribution in [0.4, 0.5) is 0 Å². The molecule has 130 valence electrons. The molecule has 3 unspecified atom stereocenters. The first-order valence-electron chi connectivity index (χ1n) is 8.87. The molecule has 23 heavy (non-hydrogen) atoms. The third-order valence-electron chi connectivity index (χ3n) is 4.65. The van der Waals surface area contributed by atoms with E-state index in [9.17, 15) is 4.79 Å². The van der Waals surface area contributed by atoms with E-state index in [2.05, 4.69) is 58.0 Å². The Balaban J connectivity index is 2.97. The van der Waals surface area contributed by atoms with Crippen LogP contribution in [0.3, 0.4) is 0 Å². The molecule has 0 N–H and O–H groups in total. The maximum absolute atomic E-state index is 11.5. The molecule has 0 heterocycles. The molecule has 0 fully saturated rings. The molecule has 1 aromatic rings. The van der Waals surface area contributed by atoms with Gasteiger partial charge in [-0.25, -0.2) is 0 Å². The lowest BCUT2D eigenvalue weighted by atomic mass is 10.1. The van der Waals surface area contributed by atoms with E-state index in [1.807, 2.05) is 0 Å². The normalized spacial score (nSPS) is 16.4. The number of hydrogen-bond donors (Lipinski definition) is 0. The molecule has 2 nitrogen and oxygen atoms in total. The van der Waals surface area contributed by atoms with Crippen LogP contribution < -0.4 is 0 Å². The minimum atomic E-state index is -0.0937. The van der Waals surface area contributed by atoms with Gasteiger partial charge in [0.25, 0.3) is 0 Å². The number of rotatable bonds is 10. The summed E-state index contributed by atoms with van der Waals surface area (Å²) in [5.74, 6) is -0.0937. The van der Waals surface area contributed by atoms with Crippen molar-refractivity contribution in [3.63, 3.8) is 0 Å². The van der Waals surface area contributed by atoms with Crippen LogP contribution in [-0.2, 0) is 20.4 Å². The Hall–Kier alpha value is -0.960. The van der Waals surface area contributed by atoms with E-state index in [0.717, 1.165) is 12.8 Å². The van der Waals surface area contributed by atoms with Gasteiger partial charge in [0, 0.05) is 22.9 Å². The standard InChI is InChI=1S/C20H33O2S/c1-6-16(3)23(17(4)7-2)19(14-11-15-20(21)22-5)18-12-9-8-10-13-18/h8-10,12-13,16-17,19H,6-7,11,14-15H2,1-5H3/q+1. The zero-order valence-corrected chi connectivity index (χ0v) is 16.2.